The first-order valence-corrected chi connectivity index (χ1v) is 12.0. The van der Waals surface area contributed by atoms with E-state index in [1.807, 2.05) is 19.1 Å². The van der Waals surface area contributed by atoms with Crippen molar-refractivity contribution in [2.45, 2.75) is 17.9 Å². The first kappa shape index (κ1) is 25.1. The molecule has 2 aromatic heterocycles. The molecule has 2 aromatic carbocycles. The lowest BCUT2D eigenvalue weighted by Crippen LogP contribution is -2.09. The number of rotatable bonds is 7. The minimum absolute atomic E-state index is 0. The summed E-state index contributed by atoms with van der Waals surface area (Å²) in [5, 5.41) is 6.48. The Labute approximate surface area is 203 Å². The van der Waals surface area contributed by atoms with Crippen molar-refractivity contribution in [3.63, 3.8) is 0 Å². The number of aromatic nitrogens is 3. The molecular formula is C24H23ClFN5O2S. The Balaban J connectivity index is 0.00000324. The van der Waals surface area contributed by atoms with E-state index < -0.39 is 9.84 Å². The van der Waals surface area contributed by atoms with E-state index in [4.69, 9.17) is 0 Å². The molecule has 176 valence electrons. The fourth-order valence-corrected chi connectivity index (χ4v) is 3.91. The summed E-state index contributed by atoms with van der Waals surface area (Å²) < 4.78 is 36.9. The third-order valence-electron chi connectivity index (χ3n) is 4.99. The van der Waals surface area contributed by atoms with E-state index in [2.05, 4.69) is 25.6 Å². The smallest absolute Gasteiger partial charge is 0.175 e. The van der Waals surface area contributed by atoms with Gasteiger partial charge in [0.15, 0.2) is 9.84 Å². The van der Waals surface area contributed by atoms with Crippen molar-refractivity contribution in [2.24, 2.45) is 0 Å². The Morgan fingerprint density at radius 2 is 1.56 bits per heavy atom. The molecule has 10 heteroatoms. The first-order valence-electron chi connectivity index (χ1n) is 10.2. The van der Waals surface area contributed by atoms with Crippen molar-refractivity contribution in [1.82, 2.24) is 15.0 Å². The number of pyridine rings is 1. The van der Waals surface area contributed by atoms with Gasteiger partial charge in [0.05, 0.1) is 11.1 Å². The summed E-state index contributed by atoms with van der Waals surface area (Å²) >= 11 is 0. The molecule has 0 fully saturated rings. The quantitative estimate of drug-likeness (QED) is 0.350. The van der Waals surface area contributed by atoms with Gasteiger partial charge >= 0.3 is 0 Å². The summed E-state index contributed by atoms with van der Waals surface area (Å²) in [6, 6.07) is 16.5. The molecule has 34 heavy (non-hydrogen) atoms. The number of nitrogens with one attached hydrogen (secondary N) is 2. The number of nitrogens with zero attached hydrogens (tertiary/aromatic N) is 3. The molecule has 0 aliphatic heterocycles. The SMILES string of the molecule is CC(Nc1cc(-c2ccc(S(C)(=O)=O)cc2)cc(Nc2cnccn2)n1)c1ccc(F)cc1.Cl. The van der Waals surface area contributed by atoms with E-state index in [0.717, 1.165) is 16.7 Å². The van der Waals surface area contributed by atoms with Gasteiger partial charge in [-0.25, -0.2) is 22.8 Å². The van der Waals surface area contributed by atoms with Gasteiger partial charge < -0.3 is 10.6 Å². The van der Waals surface area contributed by atoms with Crippen LogP contribution in [0, 0.1) is 5.82 Å². The molecule has 2 heterocycles. The Kier molecular flexibility index (Phi) is 7.80. The maximum atomic E-state index is 13.3. The van der Waals surface area contributed by atoms with Gasteiger partial charge in [0, 0.05) is 24.7 Å². The zero-order chi connectivity index (χ0) is 23.4. The highest BCUT2D eigenvalue weighted by atomic mass is 35.5. The molecule has 7 nitrogen and oxygen atoms in total. The summed E-state index contributed by atoms with van der Waals surface area (Å²) in [4.78, 5) is 13.2. The van der Waals surface area contributed by atoms with Crippen LogP contribution in [0.25, 0.3) is 11.1 Å². The molecule has 0 aliphatic rings. The van der Waals surface area contributed by atoms with Crippen molar-refractivity contribution in [1.29, 1.82) is 0 Å². The van der Waals surface area contributed by atoms with Crippen LogP contribution in [0.3, 0.4) is 0 Å². The lowest BCUT2D eigenvalue weighted by atomic mass is 10.1. The summed E-state index contributed by atoms with van der Waals surface area (Å²) in [6.07, 6.45) is 5.92. The van der Waals surface area contributed by atoms with Crippen LogP contribution in [-0.4, -0.2) is 29.6 Å². The average Bonchev–Trinajstić information content (AvgIpc) is 2.79. The number of halogens is 2. The van der Waals surface area contributed by atoms with Crippen molar-refractivity contribution >= 4 is 39.7 Å². The predicted molar refractivity (Wildman–Crippen MR) is 134 cm³/mol. The van der Waals surface area contributed by atoms with Gasteiger partial charge in [0.2, 0.25) is 0 Å². The van der Waals surface area contributed by atoms with Gasteiger partial charge in [-0.15, -0.1) is 12.4 Å². The van der Waals surface area contributed by atoms with E-state index in [9.17, 15) is 12.8 Å². The molecule has 2 N–H and O–H groups in total. The molecule has 1 atom stereocenters. The minimum Gasteiger partial charge on any atom is -0.363 e. The highest BCUT2D eigenvalue weighted by Gasteiger charge is 2.12. The van der Waals surface area contributed by atoms with Crippen LogP contribution in [0.2, 0.25) is 0 Å². The molecule has 1 unspecified atom stereocenters. The second-order valence-electron chi connectivity index (χ2n) is 7.56. The molecule has 0 saturated carbocycles. The minimum atomic E-state index is -3.29. The van der Waals surface area contributed by atoms with Crippen LogP contribution in [0.1, 0.15) is 18.5 Å². The zero-order valence-electron chi connectivity index (χ0n) is 18.4. The summed E-state index contributed by atoms with van der Waals surface area (Å²) in [5.41, 5.74) is 2.55. The topological polar surface area (TPSA) is 96.9 Å². The maximum absolute atomic E-state index is 13.3. The van der Waals surface area contributed by atoms with Crippen LogP contribution in [0.4, 0.5) is 21.8 Å². The zero-order valence-corrected chi connectivity index (χ0v) is 20.1. The van der Waals surface area contributed by atoms with E-state index in [1.54, 1.807) is 55.0 Å². The molecule has 4 rings (SSSR count). The molecule has 0 saturated heterocycles. The van der Waals surface area contributed by atoms with Crippen molar-refractivity contribution in [3.05, 3.63) is 90.6 Å². The van der Waals surface area contributed by atoms with E-state index >= 15 is 0 Å². The van der Waals surface area contributed by atoms with Crippen LogP contribution < -0.4 is 10.6 Å². The van der Waals surface area contributed by atoms with Crippen molar-refractivity contribution < 1.29 is 12.8 Å². The van der Waals surface area contributed by atoms with Crippen molar-refractivity contribution in [3.8, 4) is 11.1 Å². The lowest BCUT2D eigenvalue weighted by molar-refractivity contribution is 0.602. The fourth-order valence-electron chi connectivity index (χ4n) is 3.28. The molecule has 0 aliphatic carbocycles. The summed E-state index contributed by atoms with van der Waals surface area (Å²) in [7, 11) is -3.29. The number of anilines is 3. The monoisotopic (exact) mass is 499 g/mol. The normalized spacial score (nSPS) is 11.9. The Hall–Kier alpha value is -3.56. The van der Waals surface area contributed by atoms with Crippen LogP contribution in [0.5, 0.6) is 0 Å². The van der Waals surface area contributed by atoms with E-state index in [-0.39, 0.29) is 29.2 Å². The molecule has 0 bridgehead atoms. The van der Waals surface area contributed by atoms with Crippen LogP contribution >= 0.6 is 12.4 Å². The molecule has 0 amide bonds. The maximum Gasteiger partial charge on any atom is 0.175 e. The molecule has 0 spiro atoms. The highest BCUT2D eigenvalue weighted by Crippen LogP contribution is 2.29. The number of benzene rings is 2. The average molecular weight is 500 g/mol. The number of sulfone groups is 1. The van der Waals surface area contributed by atoms with Gasteiger partial charge in [0.25, 0.3) is 0 Å². The first-order chi connectivity index (χ1) is 15.8. The van der Waals surface area contributed by atoms with Crippen LogP contribution in [0.15, 0.2) is 84.1 Å². The Morgan fingerprint density at radius 1 is 0.882 bits per heavy atom. The second kappa shape index (κ2) is 10.6. The second-order valence-corrected chi connectivity index (χ2v) is 9.57. The predicted octanol–water partition coefficient (Wildman–Crippen LogP) is 5.42. The fraction of sp³-hybridized carbons (Fsp3) is 0.125. The number of hydrogen-bond donors (Lipinski definition) is 2. The van der Waals surface area contributed by atoms with Gasteiger partial charge in [-0.2, -0.15) is 0 Å². The standard InChI is InChI=1S/C24H22FN5O2S.ClH/c1-16(17-3-7-20(25)8-4-17)28-22-13-19(18-5-9-21(10-6-18)33(2,31)32)14-23(29-22)30-24-15-26-11-12-27-24;/h3-16H,1-2H3,(H2,27,28,29,30);1H. The third-order valence-corrected chi connectivity index (χ3v) is 6.12. The highest BCUT2D eigenvalue weighted by molar-refractivity contribution is 7.90. The molecule has 0 radical (unpaired) electrons. The Bertz CT molecular complexity index is 1350. The lowest BCUT2D eigenvalue weighted by Gasteiger charge is -2.17. The van der Waals surface area contributed by atoms with Crippen LogP contribution in [-0.2, 0) is 9.84 Å². The van der Waals surface area contributed by atoms with Crippen molar-refractivity contribution in [2.75, 3.05) is 16.9 Å². The molecule has 4 aromatic rings. The van der Waals surface area contributed by atoms with E-state index in [0.29, 0.717) is 17.5 Å². The van der Waals surface area contributed by atoms with Gasteiger partial charge in [-0.05, 0) is 60.0 Å². The number of hydrogen-bond acceptors (Lipinski definition) is 7. The summed E-state index contributed by atoms with van der Waals surface area (Å²) in [5.74, 6) is 1.36. The Morgan fingerprint density at radius 3 is 2.18 bits per heavy atom. The third kappa shape index (κ3) is 6.27. The molecular weight excluding hydrogens is 477 g/mol. The van der Waals surface area contributed by atoms with E-state index in [1.165, 1.54) is 18.4 Å². The summed E-state index contributed by atoms with van der Waals surface area (Å²) in [6.45, 7) is 1.96. The van der Waals surface area contributed by atoms with Gasteiger partial charge in [0.1, 0.15) is 23.3 Å². The van der Waals surface area contributed by atoms with Gasteiger partial charge in [-0.3, -0.25) is 4.98 Å². The largest absolute Gasteiger partial charge is 0.363 e. The van der Waals surface area contributed by atoms with Gasteiger partial charge in [-0.1, -0.05) is 24.3 Å².